The first kappa shape index (κ1) is 31.4. The Morgan fingerprint density at radius 1 is 0.243 bits per heavy atom. The quantitative estimate of drug-likeness (QED) is 0.316. The average Bonchev–Trinajstić information content (AvgIpc) is 2.92. The van der Waals surface area contributed by atoms with Gasteiger partial charge in [0.05, 0.1) is 0 Å². The maximum Gasteiger partial charge on any atom is 0.000966 e. The predicted octanol–water partition coefficient (Wildman–Crippen LogP) is 10.4. The molecule has 0 amide bonds. The number of hydrogen-bond donors (Lipinski definition) is 0. The maximum absolute atomic E-state index is 2.82. The van der Waals surface area contributed by atoms with Gasteiger partial charge in [0.2, 0.25) is 0 Å². The van der Waals surface area contributed by atoms with E-state index in [1.54, 1.807) is 0 Å². The van der Waals surface area contributed by atoms with Crippen molar-refractivity contribution in [2.45, 2.75) is 173 Å². The van der Waals surface area contributed by atoms with Crippen LogP contribution in [0.5, 0.6) is 0 Å². The van der Waals surface area contributed by atoms with Crippen molar-refractivity contribution in [2.24, 2.45) is 11.8 Å². The van der Waals surface area contributed by atoms with Gasteiger partial charge < -0.3 is 9.80 Å². The molecule has 0 N–H and O–H groups in total. The van der Waals surface area contributed by atoms with Crippen LogP contribution in [-0.2, 0) is 0 Å². The molecule has 0 saturated carbocycles. The van der Waals surface area contributed by atoms with Crippen molar-refractivity contribution in [1.82, 2.24) is 9.80 Å². The molecular weight excluding hydrogens is 448 g/mol. The second kappa shape index (κ2) is 21.7. The van der Waals surface area contributed by atoms with E-state index in [0.717, 1.165) is 11.8 Å². The average molecular weight is 517 g/mol. The molecule has 0 spiro atoms. The zero-order valence-electron chi connectivity index (χ0n) is 25.4. The molecule has 3 saturated heterocycles. The lowest BCUT2D eigenvalue weighted by Crippen LogP contribution is -2.36. The van der Waals surface area contributed by atoms with Gasteiger partial charge in [-0.2, -0.15) is 0 Å². The Hall–Kier alpha value is -0.0800. The van der Waals surface area contributed by atoms with E-state index in [0.29, 0.717) is 0 Å². The summed E-state index contributed by atoms with van der Waals surface area (Å²) in [5, 5.41) is 0. The van der Waals surface area contributed by atoms with Crippen LogP contribution < -0.4 is 0 Å². The van der Waals surface area contributed by atoms with E-state index in [1.807, 2.05) is 0 Å². The van der Waals surface area contributed by atoms with Crippen molar-refractivity contribution < 1.29 is 0 Å². The third-order valence-electron chi connectivity index (χ3n) is 10.1. The first-order valence-electron chi connectivity index (χ1n) is 17.8. The van der Waals surface area contributed by atoms with Crippen LogP contribution in [0.1, 0.15) is 173 Å². The van der Waals surface area contributed by atoms with E-state index >= 15 is 0 Å². The fourth-order valence-corrected chi connectivity index (χ4v) is 7.72. The van der Waals surface area contributed by atoms with E-state index < -0.39 is 0 Å². The van der Waals surface area contributed by atoms with Crippen LogP contribution in [0.15, 0.2) is 0 Å². The molecule has 2 heteroatoms. The highest BCUT2D eigenvalue weighted by Gasteiger charge is 2.20. The molecule has 4 unspecified atom stereocenters. The van der Waals surface area contributed by atoms with Crippen molar-refractivity contribution in [2.75, 3.05) is 39.3 Å². The van der Waals surface area contributed by atoms with Gasteiger partial charge >= 0.3 is 0 Å². The largest absolute Gasteiger partial charge is 0.303 e. The maximum atomic E-state index is 2.82. The third kappa shape index (κ3) is 15.9. The van der Waals surface area contributed by atoms with E-state index in [4.69, 9.17) is 0 Å². The minimum absolute atomic E-state index is 1.01. The number of rotatable bonds is 0. The first-order chi connectivity index (χ1) is 18.4. The molecule has 3 fully saturated rings. The van der Waals surface area contributed by atoms with E-state index in [2.05, 4.69) is 9.80 Å². The molecule has 4 bridgehead atoms. The monoisotopic (exact) mass is 517 g/mol. The van der Waals surface area contributed by atoms with Gasteiger partial charge in [-0.25, -0.2) is 0 Å². The Bertz CT molecular complexity index is 461. The van der Waals surface area contributed by atoms with Crippen molar-refractivity contribution in [1.29, 1.82) is 0 Å². The van der Waals surface area contributed by atoms with Gasteiger partial charge in [-0.05, 0) is 89.4 Å². The number of fused-ring (bicyclic) bond motifs is 4. The van der Waals surface area contributed by atoms with E-state index in [1.165, 1.54) is 213 Å². The molecular formula is C35H68N2. The van der Waals surface area contributed by atoms with Crippen molar-refractivity contribution in [3.8, 4) is 0 Å². The molecule has 0 aromatic rings. The van der Waals surface area contributed by atoms with Crippen molar-refractivity contribution in [3.63, 3.8) is 0 Å². The van der Waals surface area contributed by atoms with Crippen LogP contribution in [0.2, 0.25) is 0 Å². The first-order valence-corrected chi connectivity index (χ1v) is 17.8. The van der Waals surface area contributed by atoms with Crippen LogP contribution in [0, 0.1) is 11.8 Å². The molecule has 3 aliphatic rings. The summed E-state index contributed by atoms with van der Waals surface area (Å²) in [6.07, 6.45) is 40.1. The minimum Gasteiger partial charge on any atom is -0.303 e. The zero-order chi connectivity index (χ0) is 25.6. The highest BCUT2D eigenvalue weighted by Crippen LogP contribution is 2.25. The molecule has 0 aromatic heterocycles. The summed E-state index contributed by atoms with van der Waals surface area (Å²) in [5.74, 6) is 2.02. The molecule has 37 heavy (non-hydrogen) atoms. The zero-order valence-corrected chi connectivity index (χ0v) is 25.4. The summed E-state index contributed by atoms with van der Waals surface area (Å²) in [7, 11) is 0. The molecule has 0 radical (unpaired) electrons. The lowest BCUT2D eigenvalue weighted by atomic mass is 9.92. The summed E-state index contributed by atoms with van der Waals surface area (Å²) < 4.78 is 0. The predicted molar refractivity (Wildman–Crippen MR) is 165 cm³/mol. The van der Waals surface area contributed by atoms with E-state index in [-0.39, 0.29) is 0 Å². The van der Waals surface area contributed by atoms with Gasteiger partial charge in [0.1, 0.15) is 0 Å². The van der Waals surface area contributed by atoms with Gasteiger partial charge in [0.25, 0.3) is 0 Å². The summed E-state index contributed by atoms with van der Waals surface area (Å²) in [5.41, 5.74) is 0. The molecule has 2 nitrogen and oxygen atoms in total. The Morgan fingerprint density at radius 2 is 0.486 bits per heavy atom. The van der Waals surface area contributed by atoms with Crippen molar-refractivity contribution >= 4 is 0 Å². The standard InChI is InChI=1S/C35H68N2/c1-2-4-8-12-16-20-28-36-30-23-27-35(33-36)25-19-15-11-7-5-9-13-17-21-29-37-31-22-26-34(32-37)24-18-14-10-6-3-1/h34-35H,1-33H2. The molecule has 218 valence electrons. The van der Waals surface area contributed by atoms with Gasteiger partial charge in [-0.1, -0.05) is 122 Å². The summed E-state index contributed by atoms with van der Waals surface area (Å²) in [6.45, 7) is 8.37. The Labute approximate surface area is 234 Å². The molecule has 3 rings (SSSR count). The van der Waals surface area contributed by atoms with Gasteiger partial charge in [0, 0.05) is 13.1 Å². The molecule has 0 aliphatic carbocycles. The van der Waals surface area contributed by atoms with Gasteiger partial charge in [0.15, 0.2) is 0 Å². The van der Waals surface area contributed by atoms with Crippen LogP contribution in [0.4, 0.5) is 0 Å². The van der Waals surface area contributed by atoms with E-state index in [9.17, 15) is 0 Å². The summed E-state index contributed by atoms with van der Waals surface area (Å²) in [6, 6.07) is 0. The lowest BCUT2D eigenvalue weighted by molar-refractivity contribution is 0.163. The van der Waals surface area contributed by atoms with Crippen molar-refractivity contribution in [3.05, 3.63) is 0 Å². The van der Waals surface area contributed by atoms with Gasteiger partial charge in [-0.15, -0.1) is 0 Å². The SMILES string of the molecule is C1CCCCCCCN2CCCC(CCCCCCCCCCCN3CCCC(CCCCCC1)C3)C2. The molecule has 3 heterocycles. The smallest absolute Gasteiger partial charge is 0.000966 e. The Kier molecular flexibility index (Phi) is 18.4. The van der Waals surface area contributed by atoms with Crippen LogP contribution in [-0.4, -0.2) is 49.1 Å². The minimum atomic E-state index is 1.01. The molecule has 3 aliphatic heterocycles. The molecule has 0 aromatic carbocycles. The molecule has 4 atom stereocenters. The Balaban J connectivity index is 1.28. The normalized spacial score (nSPS) is 33.1. The Morgan fingerprint density at radius 3 is 0.838 bits per heavy atom. The van der Waals surface area contributed by atoms with Crippen LogP contribution >= 0.6 is 0 Å². The van der Waals surface area contributed by atoms with Crippen LogP contribution in [0.25, 0.3) is 0 Å². The second-order valence-corrected chi connectivity index (χ2v) is 13.6. The second-order valence-electron chi connectivity index (χ2n) is 13.6. The topological polar surface area (TPSA) is 6.48 Å². The fourth-order valence-electron chi connectivity index (χ4n) is 7.72. The third-order valence-corrected chi connectivity index (χ3v) is 10.1. The lowest BCUT2D eigenvalue weighted by Gasteiger charge is -2.32. The fraction of sp³-hybridized carbons (Fsp3) is 1.00. The number of hydrogen-bond acceptors (Lipinski definition) is 2. The summed E-state index contributed by atoms with van der Waals surface area (Å²) in [4.78, 5) is 5.64. The summed E-state index contributed by atoms with van der Waals surface area (Å²) >= 11 is 0. The highest BCUT2D eigenvalue weighted by atomic mass is 15.1. The highest BCUT2D eigenvalue weighted by molar-refractivity contribution is 4.74. The number of nitrogens with zero attached hydrogens (tertiary/aromatic N) is 2. The van der Waals surface area contributed by atoms with Gasteiger partial charge in [-0.3, -0.25) is 0 Å². The number of piperidine rings is 2. The van der Waals surface area contributed by atoms with Crippen LogP contribution in [0.3, 0.4) is 0 Å².